The number of H-pyrrole nitrogens is 2. The lowest BCUT2D eigenvalue weighted by Crippen LogP contribution is -2.02. The summed E-state index contributed by atoms with van der Waals surface area (Å²) in [5, 5.41) is 10.5. The second-order valence-corrected chi connectivity index (χ2v) is 2.54. The van der Waals surface area contributed by atoms with Crippen LogP contribution in [0.2, 0.25) is 0 Å². The van der Waals surface area contributed by atoms with Gasteiger partial charge in [-0.1, -0.05) is 0 Å². The summed E-state index contributed by atoms with van der Waals surface area (Å²) in [6.07, 6.45) is 1.25. The zero-order valence-corrected chi connectivity index (χ0v) is 6.40. The van der Waals surface area contributed by atoms with Gasteiger partial charge in [0.15, 0.2) is 0 Å². The Morgan fingerprint density at radius 3 is 2.85 bits per heavy atom. The molecule has 2 aromatic heterocycles. The number of aromatic amines is 2. The molecular weight excluding hydrogens is 174 g/mol. The second kappa shape index (κ2) is 2.44. The van der Waals surface area contributed by atoms with Gasteiger partial charge in [0.2, 0.25) is 5.56 Å². The Kier molecular flexibility index (Phi) is 1.42. The van der Waals surface area contributed by atoms with Gasteiger partial charge in [-0.3, -0.25) is 14.9 Å². The number of nitrogens with one attached hydrogen (secondary N) is 2. The topological polar surface area (TPSA) is 91.8 Å². The van der Waals surface area contributed by atoms with Crippen LogP contribution in [-0.4, -0.2) is 14.9 Å². The van der Waals surface area contributed by atoms with Crippen molar-refractivity contribution in [1.82, 2.24) is 9.97 Å². The van der Waals surface area contributed by atoms with E-state index in [2.05, 4.69) is 9.97 Å². The molecule has 0 saturated carbocycles. The lowest BCUT2D eigenvalue weighted by atomic mass is 10.3. The van der Waals surface area contributed by atoms with Crippen molar-refractivity contribution in [2.45, 2.75) is 0 Å². The van der Waals surface area contributed by atoms with Crippen LogP contribution in [0.25, 0.3) is 11.0 Å². The number of hydrogen-bond donors (Lipinski definition) is 2. The van der Waals surface area contributed by atoms with Gasteiger partial charge in [0.1, 0.15) is 5.52 Å². The minimum atomic E-state index is -0.547. The molecule has 2 aromatic rings. The van der Waals surface area contributed by atoms with E-state index in [1.54, 1.807) is 0 Å². The van der Waals surface area contributed by atoms with Crippen molar-refractivity contribution in [3.8, 4) is 0 Å². The first-order valence-electron chi connectivity index (χ1n) is 3.53. The predicted octanol–water partition coefficient (Wildman–Crippen LogP) is 0.764. The first-order chi connectivity index (χ1) is 6.18. The first-order valence-corrected chi connectivity index (χ1v) is 3.53. The van der Waals surface area contributed by atoms with Gasteiger partial charge in [-0.2, -0.15) is 0 Å². The van der Waals surface area contributed by atoms with E-state index in [9.17, 15) is 14.9 Å². The van der Waals surface area contributed by atoms with Crippen LogP contribution in [0.15, 0.2) is 23.1 Å². The largest absolute Gasteiger partial charge is 0.354 e. The van der Waals surface area contributed by atoms with Gasteiger partial charge in [-0.25, -0.2) is 0 Å². The third kappa shape index (κ3) is 1.08. The molecule has 0 aliphatic carbocycles. The standard InChI is InChI=1S/C7H5N3O3/c11-6-2-1-4-7(9-6)5(3-8-4)10(12)13/h1-3,8H,(H,9,11). The molecule has 6 heteroatoms. The highest BCUT2D eigenvalue weighted by atomic mass is 16.6. The monoisotopic (exact) mass is 179 g/mol. The Balaban J connectivity index is 2.86. The van der Waals surface area contributed by atoms with Crippen LogP contribution >= 0.6 is 0 Å². The van der Waals surface area contributed by atoms with Crippen LogP contribution in [0.1, 0.15) is 0 Å². The summed E-state index contributed by atoms with van der Waals surface area (Å²) >= 11 is 0. The fraction of sp³-hybridized carbons (Fsp3) is 0. The van der Waals surface area contributed by atoms with Gasteiger partial charge < -0.3 is 9.97 Å². The summed E-state index contributed by atoms with van der Waals surface area (Å²) in [5.41, 5.74) is 0.312. The molecule has 0 aromatic carbocycles. The fourth-order valence-corrected chi connectivity index (χ4v) is 1.16. The number of rotatable bonds is 1. The highest BCUT2D eigenvalue weighted by molar-refractivity contribution is 5.84. The SMILES string of the molecule is O=c1ccc2[nH]cc([N+](=O)[O-])c2[nH]1. The number of fused-ring (bicyclic) bond motifs is 1. The molecule has 2 heterocycles. The average Bonchev–Trinajstić information content (AvgIpc) is 2.46. The molecule has 2 N–H and O–H groups in total. The first kappa shape index (κ1) is 7.53. The molecule has 0 unspecified atom stereocenters. The van der Waals surface area contributed by atoms with E-state index in [1.807, 2.05) is 0 Å². The van der Waals surface area contributed by atoms with Crippen LogP contribution in [0, 0.1) is 10.1 Å². The lowest BCUT2D eigenvalue weighted by Gasteiger charge is -1.87. The third-order valence-electron chi connectivity index (χ3n) is 1.74. The third-order valence-corrected chi connectivity index (χ3v) is 1.74. The molecule has 0 fully saturated rings. The van der Waals surface area contributed by atoms with E-state index in [4.69, 9.17) is 0 Å². The molecule has 0 atom stereocenters. The van der Waals surface area contributed by atoms with Crippen molar-refractivity contribution in [2.75, 3.05) is 0 Å². The Bertz CT molecular complexity index is 525. The van der Waals surface area contributed by atoms with Crippen LogP contribution in [0.3, 0.4) is 0 Å². The Hall–Kier alpha value is -2.11. The molecular formula is C7H5N3O3. The van der Waals surface area contributed by atoms with Gasteiger partial charge in [-0.15, -0.1) is 0 Å². The van der Waals surface area contributed by atoms with E-state index in [0.29, 0.717) is 5.52 Å². The summed E-state index contributed by atoms with van der Waals surface area (Å²) in [4.78, 5) is 25.8. The van der Waals surface area contributed by atoms with Crippen molar-refractivity contribution in [3.05, 3.63) is 38.8 Å². The number of nitrogens with zero attached hydrogens (tertiary/aromatic N) is 1. The molecule has 0 spiro atoms. The molecule has 0 bridgehead atoms. The van der Waals surface area contributed by atoms with Crippen molar-refractivity contribution >= 4 is 16.7 Å². The second-order valence-electron chi connectivity index (χ2n) is 2.54. The van der Waals surface area contributed by atoms with Gasteiger partial charge >= 0.3 is 5.69 Å². The molecule has 2 rings (SSSR count). The van der Waals surface area contributed by atoms with E-state index in [-0.39, 0.29) is 16.8 Å². The zero-order chi connectivity index (χ0) is 9.42. The predicted molar refractivity (Wildman–Crippen MR) is 45.6 cm³/mol. The van der Waals surface area contributed by atoms with Crippen molar-refractivity contribution in [2.24, 2.45) is 0 Å². The van der Waals surface area contributed by atoms with Gasteiger partial charge in [0, 0.05) is 6.07 Å². The molecule has 0 amide bonds. The maximum Gasteiger partial charge on any atom is 0.310 e. The minimum absolute atomic E-state index is 0.118. The van der Waals surface area contributed by atoms with Crippen molar-refractivity contribution in [1.29, 1.82) is 0 Å². The maximum absolute atomic E-state index is 10.9. The fourth-order valence-electron chi connectivity index (χ4n) is 1.16. The van der Waals surface area contributed by atoms with Crippen LogP contribution in [0.4, 0.5) is 5.69 Å². The molecule has 0 saturated heterocycles. The maximum atomic E-state index is 10.9. The molecule has 0 radical (unpaired) electrons. The number of nitro groups is 1. The summed E-state index contributed by atoms with van der Waals surface area (Å²) in [7, 11) is 0. The minimum Gasteiger partial charge on any atom is -0.354 e. The van der Waals surface area contributed by atoms with E-state index in [0.717, 1.165) is 0 Å². The summed E-state index contributed by atoms with van der Waals surface area (Å²) in [6.45, 7) is 0. The Labute approximate surface area is 71.4 Å². The van der Waals surface area contributed by atoms with Crippen LogP contribution < -0.4 is 5.56 Å². The van der Waals surface area contributed by atoms with Gasteiger partial charge in [0.25, 0.3) is 0 Å². The van der Waals surface area contributed by atoms with Crippen LogP contribution in [0.5, 0.6) is 0 Å². The molecule has 13 heavy (non-hydrogen) atoms. The lowest BCUT2D eigenvalue weighted by molar-refractivity contribution is -0.383. The normalized spacial score (nSPS) is 10.5. The number of aromatic nitrogens is 2. The smallest absolute Gasteiger partial charge is 0.310 e. The van der Waals surface area contributed by atoms with Crippen molar-refractivity contribution < 1.29 is 4.92 Å². The highest BCUT2D eigenvalue weighted by Crippen LogP contribution is 2.20. The Morgan fingerprint density at radius 1 is 1.38 bits per heavy atom. The molecule has 0 aliphatic rings. The van der Waals surface area contributed by atoms with E-state index in [1.165, 1.54) is 18.3 Å². The van der Waals surface area contributed by atoms with Gasteiger partial charge in [0.05, 0.1) is 16.6 Å². The molecule has 0 aliphatic heterocycles. The molecule has 6 nitrogen and oxygen atoms in total. The summed E-state index contributed by atoms with van der Waals surface area (Å²) in [5.74, 6) is 0. The van der Waals surface area contributed by atoms with Gasteiger partial charge in [-0.05, 0) is 6.07 Å². The number of hydrogen-bond acceptors (Lipinski definition) is 3. The summed E-state index contributed by atoms with van der Waals surface area (Å²) in [6, 6.07) is 2.81. The number of pyridine rings is 1. The zero-order valence-electron chi connectivity index (χ0n) is 6.40. The Morgan fingerprint density at radius 2 is 2.15 bits per heavy atom. The van der Waals surface area contributed by atoms with Crippen LogP contribution in [-0.2, 0) is 0 Å². The quantitative estimate of drug-likeness (QED) is 0.500. The van der Waals surface area contributed by atoms with Crippen molar-refractivity contribution in [3.63, 3.8) is 0 Å². The molecule has 66 valence electrons. The summed E-state index contributed by atoms with van der Waals surface area (Å²) < 4.78 is 0. The van der Waals surface area contributed by atoms with E-state index < -0.39 is 4.92 Å². The average molecular weight is 179 g/mol. The highest BCUT2D eigenvalue weighted by Gasteiger charge is 2.13. The van der Waals surface area contributed by atoms with E-state index >= 15 is 0 Å².